The maximum Gasteiger partial charge on any atom is 0.153 e. The van der Waals surface area contributed by atoms with Gasteiger partial charge in [0.05, 0.1) is 16.3 Å². The highest BCUT2D eigenvalue weighted by Crippen LogP contribution is 2.31. The Labute approximate surface area is 116 Å². The third kappa shape index (κ3) is 2.76. The van der Waals surface area contributed by atoms with E-state index in [0.29, 0.717) is 17.0 Å². The Bertz CT molecular complexity index is 628. The predicted molar refractivity (Wildman–Crippen MR) is 76.0 cm³/mol. The zero-order valence-electron chi connectivity index (χ0n) is 10.7. The van der Waals surface area contributed by atoms with Gasteiger partial charge in [-0.3, -0.25) is 4.79 Å². The predicted octanol–water partition coefficient (Wildman–Crippen LogP) is 4.37. The van der Waals surface area contributed by atoms with Crippen molar-refractivity contribution in [3.63, 3.8) is 0 Å². The SMILES string of the molecule is Cc1ccc(N(C)c2ccc(F)c(C=O)c2)c(Cl)c1. The number of hydrogen-bond acceptors (Lipinski definition) is 2. The van der Waals surface area contributed by atoms with Crippen LogP contribution in [0.5, 0.6) is 0 Å². The fourth-order valence-corrected chi connectivity index (χ4v) is 2.21. The van der Waals surface area contributed by atoms with Crippen LogP contribution in [0.3, 0.4) is 0 Å². The van der Waals surface area contributed by atoms with Crippen molar-refractivity contribution in [3.05, 3.63) is 58.4 Å². The third-order valence-corrected chi connectivity index (χ3v) is 3.26. The van der Waals surface area contributed by atoms with Crippen molar-refractivity contribution in [1.29, 1.82) is 0 Å². The van der Waals surface area contributed by atoms with Gasteiger partial charge in [0, 0.05) is 12.7 Å². The molecule has 0 aliphatic carbocycles. The molecule has 0 fully saturated rings. The Morgan fingerprint density at radius 1 is 1.21 bits per heavy atom. The lowest BCUT2D eigenvalue weighted by atomic mass is 10.1. The molecule has 0 spiro atoms. The number of carbonyl (C=O) groups is 1. The Balaban J connectivity index is 2.43. The van der Waals surface area contributed by atoms with Crippen molar-refractivity contribution in [1.82, 2.24) is 0 Å². The van der Waals surface area contributed by atoms with Gasteiger partial charge in [-0.15, -0.1) is 0 Å². The van der Waals surface area contributed by atoms with Crippen LogP contribution < -0.4 is 4.90 Å². The Hall–Kier alpha value is -1.87. The third-order valence-electron chi connectivity index (χ3n) is 2.96. The highest BCUT2D eigenvalue weighted by molar-refractivity contribution is 6.33. The van der Waals surface area contributed by atoms with Gasteiger partial charge in [0.1, 0.15) is 5.82 Å². The summed E-state index contributed by atoms with van der Waals surface area (Å²) < 4.78 is 13.3. The molecule has 2 rings (SSSR count). The molecule has 0 amide bonds. The topological polar surface area (TPSA) is 20.3 Å². The van der Waals surface area contributed by atoms with E-state index in [9.17, 15) is 9.18 Å². The quantitative estimate of drug-likeness (QED) is 0.777. The number of benzene rings is 2. The van der Waals surface area contributed by atoms with Crippen molar-refractivity contribution < 1.29 is 9.18 Å². The van der Waals surface area contributed by atoms with Gasteiger partial charge in [0.2, 0.25) is 0 Å². The van der Waals surface area contributed by atoms with Gasteiger partial charge in [0.15, 0.2) is 6.29 Å². The molecule has 0 radical (unpaired) electrons. The fraction of sp³-hybridized carbons (Fsp3) is 0.133. The van der Waals surface area contributed by atoms with Crippen LogP contribution in [0.1, 0.15) is 15.9 Å². The molecule has 2 aromatic rings. The molecule has 0 saturated heterocycles. The molecule has 2 nitrogen and oxygen atoms in total. The first-order chi connectivity index (χ1) is 9.02. The minimum Gasteiger partial charge on any atom is -0.343 e. The summed E-state index contributed by atoms with van der Waals surface area (Å²) in [5.74, 6) is -0.526. The van der Waals surface area contributed by atoms with Gasteiger partial charge in [-0.25, -0.2) is 4.39 Å². The Morgan fingerprint density at radius 2 is 1.95 bits per heavy atom. The average molecular weight is 278 g/mol. The number of rotatable bonds is 3. The number of nitrogens with zero attached hydrogens (tertiary/aromatic N) is 1. The summed E-state index contributed by atoms with van der Waals surface area (Å²) in [6, 6.07) is 10.1. The van der Waals surface area contributed by atoms with Gasteiger partial charge in [-0.2, -0.15) is 0 Å². The minimum absolute atomic E-state index is 0.0348. The molecule has 0 aromatic heterocycles. The lowest BCUT2D eigenvalue weighted by Crippen LogP contribution is -2.10. The first-order valence-electron chi connectivity index (χ1n) is 5.77. The molecule has 98 valence electrons. The van der Waals surface area contributed by atoms with Crippen molar-refractivity contribution in [2.45, 2.75) is 6.92 Å². The summed E-state index contributed by atoms with van der Waals surface area (Å²) in [6.45, 7) is 1.96. The smallest absolute Gasteiger partial charge is 0.153 e. The summed E-state index contributed by atoms with van der Waals surface area (Å²) >= 11 is 6.19. The normalized spacial score (nSPS) is 10.3. The molecule has 2 aromatic carbocycles. The van der Waals surface area contributed by atoms with Crippen LogP contribution in [0.2, 0.25) is 5.02 Å². The van der Waals surface area contributed by atoms with Crippen molar-refractivity contribution in [2.24, 2.45) is 0 Å². The van der Waals surface area contributed by atoms with Crippen molar-refractivity contribution in [3.8, 4) is 0 Å². The number of aldehydes is 1. The summed E-state index contributed by atoms with van der Waals surface area (Å²) in [7, 11) is 1.82. The van der Waals surface area contributed by atoms with Crippen molar-refractivity contribution >= 4 is 29.3 Å². The van der Waals surface area contributed by atoms with E-state index in [2.05, 4.69) is 0 Å². The molecule has 0 bridgehead atoms. The van der Waals surface area contributed by atoms with Crippen LogP contribution in [0, 0.1) is 12.7 Å². The lowest BCUT2D eigenvalue weighted by Gasteiger charge is -2.21. The zero-order valence-corrected chi connectivity index (χ0v) is 11.4. The lowest BCUT2D eigenvalue weighted by molar-refractivity contribution is 0.112. The fourth-order valence-electron chi connectivity index (χ4n) is 1.85. The molecule has 0 aliphatic rings. The highest BCUT2D eigenvalue weighted by Gasteiger charge is 2.10. The monoisotopic (exact) mass is 277 g/mol. The summed E-state index contributed by atoms with van der Waals surface area (Å²) in [5, 5.41) is 0.611. The Morgan fingerprint density at radius 3 is 2.58 bits per heavy atom. The molecule has 0 heterocycles. The van der Waals surface area contributed by atoms with Gasteiger partial charge in [-0.05, 0) is 42.8 Å². The molecule has 0 aliphatic heterocycles. The number of anilines is 2. The largest absolute Gasteiger partial charge is 0.343 e. The Kier molecular flexibility index (Phi) is 3.86. The van der Waals surface area contributed by atoms with Gasteiger partial charge in [-0.1, -0.05) is 17.7 Å². The average Bonchev–Trinajstić information content (AvgIpc) is 2.38. The molecule has 0 saturated carbocycles. The van der Waals surface area contributed by atoms with E-state index in [1.165, 1.54) is 12.1 Å². The molecule has 0 N–H and O–H groups in total. The minimum atomic E-state index is -0.526. The molecule has 0 atom stereocenters. The molecule has 0 unspecified atom stereocenters. The maximum atomic E-state index is 13.3. The molecule has 4 heteroatoms. The van der Waals surface area contributed by atoms with Gasteiger partial charge in [0.25, 0.3) is 0 Å². The van der Waals surface area contributed by atoms with E-state index in [0.717, 1.165) is 11.3 Å². The summed E-state index contributed by atoms with van der Waals surface area (Å²) in [6.07, 6.45) is 0.503. The molecular formula is C15H13ClFNO. The van der Waals surface area contributed by atoms with Crippen LogP contribution in [-0.4, -0.2) is 13.3 Å². The van der Waals surface area contributed by atoms with Crippen LogP contribution in [0.15, 0.2) is 36.4 Å². The highest BCUT2D eigenvalue weighted by atomic mass is 35.5. The van der Waals surface area contributed by atoms with E-state index in [1.807, 2.05) is 37.1 Å². The first-order valence-corrected chi connectivity index (χ1v) is 6.15. The number of aryl methyl sites for hydroxylation is 1. The summed E-state index contributed by atoms with van der Waals surface area (Å²) in [5.41, 5.74) is 2.60. The van der Waals surface area contributed by atoms with E-state index in [1.54, 1.807) is 6.07 Å². The molecular weight excluding hydrogens is 265 g/mol. The number of hydrogen-bond donors (Lipinski definition) is 0. The zero-order chi connectivity index (χ0) is 14.0. The second-order valence-corrected chi connectivity index (χ2v) is 4.74. The van der Waals surface area contributed by atoms with Crippen LogP contribution in [-0.2, 0) is 0 Å². The van der Waals surface area contributed by atoms with E-state index in [4.69, 9.17) is 11.6 Å². The van der Waals surface area contributed by atoms with E-state index >= 15 is 0 Å². The first kappa shape index (κ1) is 13.6. The van der Waals surface area contributed by atoms with E-state index in [-0.39, 0.29) is 5.56 Å². The number of halogens is 2. The van der Waals surface area contributed by atoms with Crippen LogP contribution in [0.25, 0.3) is 0 Å². The van der Waals surface area contributed by atoms with Crippen LogP contribution in [0.4, 0.5) is 15.8 Å². The standard InChI is InChI=1S/C15H13ClFNO/c1-10-3-6-15(13(16)7-10)18(2)12-4-5-14(17)11(8-12)9-19/h3-9H,1-2H3. The van der Waals surface area contributed by atoms with Gasteiger partial charge < -0.3 is 4.90 Å². The van der Waals surface area contributed by atoms with Gasteiger partial charge >= 0.3 is 0 Å². The van der Waals surface area contributed by atoms with E-state index < -0.39 is 5.82 Å². The second kappa shape index (κ2) is 5.41. The number of carbonyl (C=O) groups excluding carboxylic acids is 1. The summed E-state index contributed by atoms with van der Waals surface area (Å²) in [4.78, 5) is 12.6. The maximum absolute atomic E-state index is 13.3. The molecule has 19 heavy (non-hydrogen) atoms. The van der Waals surface area contributed by atoms with Crippen LogP contribution >= 0.6 is 11.6 Å². The second-order valence-electron chi connectivity index (χ2n) is 4.34. The van der Waals surface area contributed by atoms with Crippen molar-refractivity contribution in [2.75, 3.05) is 11.9 Å².